The van der Waals surface area contributed by atoms with E-state index >= 15 is 0 Å². The van der Waals surface area contributed by atoms with E-state index in [2.05, 4.69) is 21.0 Å². The molecule has 2 rings (SSSR count). The molecule has 0 aliphatic heterocycles. The average Bonchev–Trinajstić information content (AvgIpc) is 2.54. The molecule has 0 aliphatic carbocycles. The molecule has 5 heteroatoms. The van der Waals surface area contributed by atoms with Crippen molar-refractivity contribution in [3.63, 3.8) is 0 Å². The minimum absolute atomic E-state index is 0.269. The maximum Gasteiger partial charge on any atom is 0.148 e. The van der Waals surface area contributed by atoms with Crippen LogP contribution in [0, 0.1) is 12.7 Å². The number of anilines is 1. The molecule has 1 heterocycles. The van der Waals surface area contributed by atoms with Gasteiger partial charge in [-0.2, -0.15) is 5.10 Å². The minimum Gasteiger partial charge on any atom is -0.382 e. The van der Waals surface area contributed by atoms with Crippen LogP contribution in [0.3, 0.4) is 0 Å². The number of nitrogen functional groups attached to an aromatic ring is 1. The van der Waals surface area contributed by atoms with Crippen LogP contribution in [0.15, 0.2) is 28.9 Å². The Hall–Kier alpha value is -1.36. The molecule has 1 aromatic heterocycles. The summed E-state index contributed by atoms with van der Waals surface area (Å²) in [5.41, 5.74) is 7.40. The molecule has 0 atom stereocenters. The van der Waals surface area contributed by atoms with Crippen molar-refractivity contribution in [2.24, 2.45) is 0 Å². The minimum atomic E-state index is -0.269. The van der Waals surface area contributed by atoms with Crippen molar-refractivity contribution >= 4 is 21.7 Å². The van der Waals surface area contributed by atoms with E-state index in [1.54, 1.807) is 10.7 Å². The predicted molar refractivity (Wildman–Crippen MR) is 64.6 cm³/mol. The van der Waals surface area contributed by atoms with Gasteiger partial charge in [0.05, 0.1) is 11.0 Å². The third kappa shape index (κ3) is 2.09. The molecule has 3 nitrogen and oxygen atoms in total. The molecule has 0 fully saturated rings. The number of aromatic nitrogens is 2. The monoisotopic (exact) mass is 283 g/mol. The zero-order valence-corrected chi connectivity index (χ0v) is 10.3. The van der Waals surface area contributed by atoms with Gasteiger partial charge in [-0.15, -0.1) is 0 Å². The van der Waals surface area contributed by atoms with E-state index in [1.165, 1.54) is 6.07 Å². The molecule has 0 spiro atoms. The first-order valence-electron chi connectivity index (χ1n) is 4.80. The van der Waals surface area contributed by atoms with Crippen LogP contribution in [0.2, 0.25) is 0 Å². The molecule has 84 valence electrons. The van der Waals surface area contributed by atoms with Crippen LogP contribution in [0.4, 0.5) is 10.2 Å². The molecule has 0 unspecified atom stereocenters. The summed E-state index contributed by atoms with van der Waals surface area (Å²) in [6, 6.07) is 4.94. The van der Waals surface area contributed by atoms with Gasteiger partial charge < -0.3 is 5.73 Å². The number of aryl methyl sites for hydroxylation is 1. The molecule has 0 aliphatic rings. The van der Waals surface area contributed by atoms with Crippen molar-refractivity contribution in [1.29, 1.82) is 0 Å². The summed E-state index contributed by atoms with van der Waals surface area (Å²) in [5, 5.41) is 4.13. The fourth-order valence-corrected chi connectivity index (χ4v) is 1.85. The Bertz CT molecular complexity index is 502. The van der Waals surface area contributed by atoms with Crippen molar-refractivity contribution in [3.8, 4) is 0 Å². The zero-order valence-electron chi connectivity index (χ0n) is 8.74. The van der Waals surface area contributed by atoms with Gasteiger partial charge in [0.2, 0.25) is 0 Å². The number of nitrogens with zero attached hydrogens (tertiary/aromatic N) is 2. The molecule has 0 radical (unpaired) electrons. The third-order valence-corrected chi connectivity index (χ3v) is 3.23. The van der Waals surface area contributed by atoms with Crippen LogP contribution in [0.5, 0.6) is 0 Å². The average molecular weight is 284 g/mol. The Kier molecular flexibility index (Phi) is 2.96. The van der Waals surface area contributed by atoms with Gasteiger partial charge in [-0.25, -0.2) is 4.39 Å². The van der Waals surface area contributed by atoms with Crippen molar-refractivity contribution < 1.29 is 4.39 Å². The predicted octanol–water partition coefficient (Wildman–Crippen LogP) is 2.72. The number of hydrogen-bond acceptors (Lipinski definition) is 2. The van der Waals surface area contributed by atoms with E-state index in [-0.39, 0.29) is 5.82 Å². The summed E-state index contributed by atoms with van der Waals surface area (Å²) >= 11 is 3.22. The van der Waals surface area contributed by atoms with Crippen molar-refractivity contribution in [2.45, 2.75) is 13.5 Å². The topological polar surface area (TPSA) is 43.8 Å². The Morgan fingerprint density at radius 3 is 2.88 bits per heavy atom. The lowest BCUT2D eigenvalue weighted by Gasteiger charge is -2.05. The van der Waals surface area contributed by atoms with Gasteiger partial charge in [0, 0.05) is 11.8 Å². The largest absolute Gasteiger partial charge is 0.382 e. The van der Waals surface area contributed by atoms with E-state index in [0.717, 1.165) is 11.1 Å². The smallest absolute Gasteiger partial charge is 0.148 e. The molecule has 2 aromatic rings. The second-order valence-corrected chi connectivity index (χ2v) is 4.40. The third-order valence-electron chi connectivity index (χ3n) is 2.35. The number of benzene rings is 1. The SMILES string of the molecule is Cc1cn(Cc2cccc(F)c2Br)nc1N. The standard InChI is InChI=1S/C11H11BrFN3/c1-7-5-16(15-11(7)14)6-8-3-2-4-9(13)10(8)12/h2-5H,6H2,1H3,(H2,14,15). The number of hydrogen-bond donors (Lipinski definition) is 1. The van der Waals surface area contributed by atoms with Gasteiger partial charge in [0.25, 0.3) is 0 Å². The molecule has 0 saturated heterocycles. The number of rotatable bonds is 2. The zero-order chi connectivity index (χ0) is 11.7. The maximum absolute atomic E-state index is 13.3. The Labute approximate surface area is 101 Å². The van der Waals surface area contributed by atoms with Crippen molar-refractivity contribution in [1.82, 2.24) is 9.78 Å². The van der Waals surface area contributed by atoms with E-state index in [4.69, 9.17) is 5.73 Å². The summed E-state index contributed by atoms with van der Waals surface area (Å²) in [6.45, 7) is 2.38. The summed E-state index contributed by atoms with van der Waals surface area (Å²) in [5.74, 6) is 0.238. The van der Waals surface area contributed by atoms with E-state index in [1.807, 2.05) is 19.2 Å². The highest BCUT2D eigenvalue weighted by atomic mass is 79.9. The molecule has 0 bridgehead atoms. The van der Waals surface area contributed by atoms with Crippen LogP contribution in [-0.4, -0.2) is 9.78 Å². The van der Waals surface area contributed by atoms with Crippen LogP contribution in [-0.2, 0) is 6.54 Å². The highest BCUT2D eigenvalue weighted by Crippen LogP contribution is 2.21. The Morgan fingerprint density at radius 2 is 2.25 bits per heavy atom. The summed E-state index contributed by atoms with van der Waals surface area (Å²) in [7, 11) is 0. The second kappa shape index (κ2) is 4.25. The van der Waals surface area contributed by atoms with Crippen LogP contribution in [0.25, 0.3) is 0 Å². The summed E-state index contributed by atoms with van der Waals surface area (Å²) in [4.78, 5) is 0. The fraction of sp³-hybridized carbons (Fsp3) is 0.182. The fourth-order valence-electron chi connectivity index (χ4n) is 1.46. The molecule has 1 aromatic carbocycles. The molecule has 0 saturated carbocycles. The van der Waals surface area contributed by atoms with E-state index < -0.39 is 0 Å². The van der Waals surface area contributed by atoms with Crippen LogP contribution in [0.1, 0.15) is 11.1 Å². The van der Waals surface area contributed by atoms with Crippen molar-refractivity contribution in [3.05, 3.63) is 45.8 Å². The number of halogens is 2. The highest BCUT2D eigenvalue weighted by molar-refractivity contribution is 9.10. The van der Waals surface area contributed by atoms with Gasteiger partial charge in [0.1, 0.15) is 11.6 Å². The molecular weight excluding hydrogens is 273 g/mol. The summed E-state index contributed by atoms with van der Waals surface area (Å²) < 4.78 is 15.4. The van der Waals surface area contributed by atoms with E-state index in [9.17, 15) is 4.39 Å². The van der Waals surface area contributed by atoms with E-state index in [0.29, 0.717) is 16.8 Å². The normalized spacial score (nSPS) is 10.7. The van der Waals surface area contributed by atoms with Gasteiger partial charge in [-0.3, -0.25) is 4.68 Å². The molecular formula is C11H11BrFN3. The van der Waals surface area contributed by atoms with Gasteiger partial charge >= 0.3 is 0 Å². The number of nitrogens with two attached hydrogens (primary N) is 1. The highest BCUT2D eigenvalue weighted by Gasteiger charge is 2.07. The molecule has 16 heavy (non-hydrogen) atoms. The maximum atomic E-state index is 13.3. The quantitative estimate of drug-likeness (QED) is 0.921. The van der Waals surface area contributed by atoms with Crippen LogP contribution >= 0.6 is 15.9 Å². The molecule has 0 amide bonds. The van der Waals surface area contributed by atoms with Gasteiger partial charge in [-0.1, -0.05) is 12.1 Å². The summed E-state index contributed by atoms with van der Waals surface area (Å²) in [6.07, 6.45) is 1.84. The van der Waals surface area contributed by atoms with Gasteiger partial charge in [0.15, 0.2) is 0 Å². The first-order valence-corrected chi connectivity index (χ1v) is 5.59. The lowest BCUT2D eigenvalue weighted by atomic mass is 10.2. The second-order valence-electron chi connectivity index (χ2n) is 3.61. The van der Waals surface area contributed by atoms with Crippen molar-refractivity contribution in [2.75, 3.05) is 5.73 Å². The Morgan fingerprint density at radius 1 is 1.50 bits per heavy atom. The van der Waals surface area contributed by atoms with Gasteiger partial charge in [-0.05, 0) is 34.5 Å². The lowest BCUT2D eigenvalue weighted by Crippen LogP contribution is -2.02. The van der Waals surface area contributed by atoms with Crippen LogP contribution < -0.4 is 5.73 Å². The first kappa shape index (κ1) is 11.1. The first-order chi connectivity index (χ1) is 7.58. The Balaban J connectivity index is 2.30. The lowest BCUT2D eigenvalue weighted by molar-refractivity contribution is 0.611. The molecule has 2 N–H and O–H groups in total.